The zero-order chi connectivity index (χ0) is 15.5. The molecular weight excluding hydrogens is 272 g/mol. The van der Waals surface area contributed by atoms with Crippen molar-refractivity contribution >= 4 is 0 Å². The Morgan fingerprint density at radius 3 is 2.77 bits per heavy atom. The highest BCUT2D eigenvalue weighted by Gasteiger charge is 2.21. The van der Waals surface area contributed by atoms with Gasteiger partial charge in [-0.25, -0.2) is 0 Å². The summed E-state index contributed by atoms with van der Waals surface area (Å²) in [7, 11) is 1.95. The normalized spacial score (nSPS) is 19.7. The molecular formula is C18H26N4. The lowest BCUT2D eigenvalue weighted by atomic mass is 9.91. The average molecular weight is 298 g/mol. The van der Waals surface area contributed by atoms with Gasteiger partial charge in [-0.05, 0) is 63.3 Å². The minimum Gasteiger partial charge on any atom is -0.301 e. The number of hydrogen-bond donors (Lipinski definition) is 0. The maximum atomic E-state index is 4.63. The van der Waals surface area contributed by atoms with Gasteiger partial charge in [0.2, 0.25) is 0 Å². The molecule has 1 aliphatic rings. The highest BCUT2D eigenvalue weighted by atomic mass is 15.3. The second kappa shape index (κ2) is 6.61. The maximum absolute atomic E-state index is 4.63. The molecule has 0 aliphatic carbocycles. The Balaban J connectivity index is 1.65. The quantitative estimate of drug-likeness (QED) is 0.869. The van der Waals surface area contributed by atoms with Crippen LogP contribution in [0.15, 0.2) is 30.6 Å². The third-order valence-electron chi connectivity index (χ3n) is 4.71. The summed E-state index contributed by atoms with van der Waals surface area (Å²) in [6.07, 6.45) is 7.65. The van der Waals surface area contributed by atoms with E-state index in [2.05, 4.69) is 41.0 Å². The summed E-state index contributed by atoms with van der Waals surface area (Å²) in [5.41, 5.74) is 3.41. The minimum absolute atomic E-state index is 0.660. The molecule has 0 spiro atoms. The van der Waals surface area contributed by atoms with Crippen molar-refractivity contribution in [1.29, 1.82) is 0 Å². The molecule has 4 heteroatoms. The number of piperidine rings is 1. The van der Waals surface area contributed by atoms with Crippen molar-refractivity contribution in [2.75, 3.05) is 13.1 Å². The summed E-state index contributed by atoms with van der Waals surface area (Å²) < 4.78 is 1.86. The Hall–Kier alpha value is -1.68. The zero-order valence-electron chi connectivity index (χ0n) is 13.9. The first-order chi connectivity index (χ1) is 10.6. The molecule has 1 aliphatic heterocycles. The van der Waals surface area contributed by atoms with Crippen LogP contribution in [-0.2, 0) is 13.5 Å². The van der Waals surface area contributed by atoms with E-state index >= 15 is 0 Å². The van der Waals surface area contributed by atoms with E-state index in [0.717, 1.165) is 23.7 Å². The van der Waals surface area contributed by atoms with E-state index in [9.17, 15) is 0 Å². The van der Waals surface area contributed by atoms with Crippen LogP contribution in [0.5, 0.6) is 0 Å². The maximum Gasteiger partial charge on any atom is 0.0883 e. The first-order valence-electron chi connectivity index (χ1n) is 8.31. The van der Waals surface area contributed by atoms with Crippen LogP contribution in [-0.4, -0.2) is 38.8 Å². The van der Waals surface area contributed by atoms with Gasteiger partial charge in [0.25, 0.3) is 0 Å². The molecule has 118 valence electrons. The van der Waals surface area contributed by atoms with Crippen molar-refractivity contribution < 1.29 is 0 Å². The van der Waals surface area contributed by atoms with Crippen LogP contribution < -0.4 is 0 Å². The summed E-state index contributed by atoms with van der Waals surface area (Å²) in [4.78, 5) is 7.23. The van der Waals surface area contributed by atoms with Crippen LogP contribution in [0.25, 0.3) is 11.4 Å². The first-order valence-corrected chi connectivity index (χ1v) is 8.31. The van der Waals surface area contributed by atoms with Crippen molar-refractivity contribution in [2.45, 2.75) is 39.2 Å². The van der Waals surface area contributed by atoms with E-state index in [-0.39, 0.29) is 0 Å². The summed E-state index contributed by atoms with van der Waals surface area (Å²) in [6, 6.07) is 7.01. The van der Waals surface area contributed by atoms with Gasteiger partial charge in [0.05, 0.1) is 11.4 Å². The Morgan fingerprint density at radius 1 is 1.27 bits per heavy atom. The second-order valence-electron chi connectivity index (χ2n) is 6.69. The third kappa shape index (κ3) is 3.38. The molecule has 2 aromatic heterocycles. The zero-order valence-corrected chi connectivity index (χ0v) is 13.9. The summed E-state index contributed by atoms with van der Waals surface area (Å²) >= 11 is 0. The van der Waals surface area contributed by atoms with Gasteiger partial charge in [-0.1, -0.05) is 6.07 Å². The van der Waals surface area contributed by atoms with Gasteiger partial charge in [0, 0.05) is 32.0 Å². The van der Waals surface area contributed by atoms with Crippen LogP contribution in [0, 0.1) is 5.92 Å². The summed E-state index contributed by atoms with van der Waals surface area (Å²) in [6.45, 7) is 7.08. The molecule has 4 nitrogen and oxygen atoms in total. The van der Waals surface area contributed by atoms with Crippen molar-refractivity contribution in [3.63, 3.8) is 0 Å². The van der Waals surface area contributed by atoms with E-state index in [1.807, 2.05) is 30.2 Å². The second-order valence-corrected chi connectivity index (χ2v) is 6.69. The molecule has 0 unspecified atom stereocenters. The Labute approximate surface area is 133 Å². The molecule has 3 heterocycles. The van der Waals surface area contributed by atoms with Crippen molar-refractivity contribution in [3.05, 3.63) is 36.2 Å². The van der Waals surface area contributed by atoms with Gasteiger partial charge in [-0.2, -0.15) is 5.10 Å². The van der Waals surface area contributed by atoms with Crippen LogP contribution in [0.3, 0.4) is 0 Å². The standard InChI is InChI=1S/C18H26N4/c1-14(2)22-10-4-5-16(13-22)11-15-6-7-17(19-12-15)18-8-9-20-21(18)3/h6-9,12,14,16H,4-5,10-11,13H2,1-3H3/t16-/m1/s1. The minimum atomic E-state index is 0.660. The molecule has 0 radical (unpaired) electrons. The van der Waals surface area contributed by atoms with E-state index < -0.39 is 0 Å². The molecule has 1 saturated heterocycles. The highest BCUT2D eigenvalue weighted by Crippen LogP contribution is 2.23. The number of likely N-dealkylation sites (tertiary alicyclic amines) is 1. The number of aryl methyl sites for hydroxylation is 1. The molecule has 0 aromatic carbocycles. The van der Waals surface area contributed by atoms with Crippen LogP contribution >= 0.6 is 0 Å². The van der Waals surface area contributed by atoms with Gasteiger partial charge >= 0.3 is 0 Å². The molecule has 3 rings (SSSR count). The monoisotopic (exact) mass is 298 g/mol. The third-order valence-corrected chi connectivity index (χ3v) is 4.71. The van der Waals surface area contributed by atoms with E-state index in [1.165, 1.54) is 31.5 Å². The predicted octanol–water partition coefficient (Wildman–Crippen LogP) is 3.15. The molecule has 0 amide bonds. The SMILES string of the molecule is CC(C)N1CCC[C@H](Cc2ccc(-c3ccnn3C)nc2)C1. The molecule has 1 fully saturated rings. The first kappa shape index (κ1) is 15.2. The molecule has 22 heavy (non-hydrogen) atoms. The van der Waals surface area contributed by atoms with E-state index in [4.69, 9.17) is 0 Å². The number of pyridine rings is 1. The molecule has 0 N–H and O–H groups in total. The fourth-order valence-corrected chi connectivity index (χ4v) is 3.39. The van der Waals surface area contributed by atoms with Crippen molar-refractivity contribution in [2.24, 2.45) is 13.0 Å². The Morgan fingerprint density at radius 2 is 2.14 bits per heavy atom. The van der Waals surface area contributed by atoms with Gasteiger partial charge in [0.1, 0.15) is 0 Å². The summed E-state index contributed by atoms with van der Waals surface area (Å²) in [5, 5.41) is 4.20. The number of nitrogens with zero attached hydrogens (tertiary/aromatic N) is 4. The number of rotatable bonds is 4. The van der Waals surface area contributed by atoms with Crippen molar-refractivity contribution in [1.82, 2.24) is 19.7 Å². The predicted molar refractivity (Wildman–Crippen MR) is 89.6 cm³/mol. The van der Waals surface area contributed by atoms with Crippen LogP contribution in [0.2, 0.25) is 0 Å². The Bertz CT molecular complexity index is 600. The fraction of sp³-hybridized carbons (Fsp3) is 0.556. The largest absolute Gasteiger partial charge is 0.301 e. The smallest absolute Gasteiger partial charge is 0.0883 e. The number of aromatic nitrogens is 3. The van der Waals surface area contributed by atoms with E-state index in [0.29, 0.717) is 6.04 Å². The lowest BCUT2D eigenvalue weighted by molar-refractivity contribution is 0.139. The fourth-order valence-electron chi connectivity index (χ4n) is 3.39. The van der Waals surface area contributed by atoms with Gasteiger partial charge in [-0.15, -0.1) is 0 Å². The van der Waals surface area contributed by atoms with Gasteiger partial charge in [0.15, 0.2) is 0 Å². The molecule has 0 bridgehead atoms. The van der Waals surface area contributed by atoms with Gasteiger partial charge < -0.3 is 4.90 Å². The summed E-state index contributed by atoms with van der Waals surface area (Å²) in [5.74, 6) is 0.764. The molecule has 1 atom stereocenters. The topological polar surface area (TPSA) is 34.0 Å². The van der Waals surface area contributed by atoms with Crippen LogP contribution in [0.4, 0.5) is 0 Å². The van der Waals surface area contributed by atoms with Gasteiger partial charge in [-0.3, -0.25) is 9.67 Å². The molecule has 2 aromatic rings. The molecule has 0 saturated carbocycles. The van der Waals surface area contributed by atoms with Crippen LogP contribution in [0.1, 0.15) is 32.3 Å². The number of hydrogen-bond acceptors (Lipinski definition) is 3. The lowest BCUT2D eigenvalue weighted by Crippen LogP contribution is -2.40. The Kier molecular flexibility index (Phi) is 4.57. The van der Waals surface area contributed by atoms with E-state index in [1.54, 1.807) is 0 Å². The average Bonchev–Trinajstić information content (AvgIpc) is 2.94. The lowest BCUT2D eigenvalue weighted by Gasteiger charge is -2.35. The highest BCUT2D eigenvalue weighted by molar-refractivity contribution is 5.53. The van der Waals surface area contributed by atoms with Crippen molar-refractivity contribution in [3.8, 4) is 11.4 Å².